The standard InChI is InChI=1S/C20H20ClNO4/c1-20(2)12-16(23)14-11-13(7-8-17(14)26-20)22-19(24)9-10-25-18-6-4-3-5-15(18)21/h3-8,11H,9-10,12H2,1-2H3,(H,22,24). The number of fused-ring (bicyclic) bond motifs is 1. The SMILES string of the molecule is CC1(C)CC(=O)c2cc(NC(=O)CCOc3ccccc3Cl)ccc2O1. The fraction of sp³-hybridized carbons (Fsp3) is 0.300. The van der Waals surface area contributed by atoms with Crippen LogP contribution in [0.25, 0.3) is 0 Å². The van der Waals surface area contributed by atoms with Crippen molar-refractivity contribution in [3.8, 4) is 11.5 Å². The summed E-state index contributed by atoms with van der Waals surface area (Å²) in [5.74, 6) is 0.892. The van der Waals surface area contributed by atoms with Crippen LogP contribution in [0.2, 0.25) is 5.02 Å². The molecule has 0 saturated carbocycles. The van der Waals surface area contributed by atoms with Crippen molar-refractivity contribution in [3.05, 3.63) is 53.1 Å². The van der Waals surface area contributed by atoms with Crippen molar-refractivity contribution in [2.75, 3.05) is 11.9 Å². The van der Waals surface area contributed by atoms with Gasteiger partial charge in [0.15, 0.2) is 5.78 Å². The number of ether oxygens (including phenoxy) is 2. The number of Topliss-reactive ketones (excluding diaryl/α,β-unsaturated/α-hetero) is 1. The number of benzene rings is 2. The zero-order valence-electron chi connectivity index (χ0n) is 14.7. The Kier molecular flexibility index (Phi) is 5.18. The Morgan fingerprint density at radius 1 is 1.27 bits per heavy atom. The molecule has 1 aliphatic heterocycles. The van der Waals surface area contributed by atoms with Gasteiger partial charge in [0, 0.05) is 5.69 Å². The van der Waals surface area contributed by atoms with Crippen LogP contribution in [0.4, 0.5) is 5.69 Å². The molecule has 1 heterocycles. The Morgan fingerprint density at radius 3 is 2.81 bits per heavy atom. The van der Waals surface area contributed by atoms with Gasteiger partial charge in [-0.05, 0) is 44.2 Å². The van der Waals surface area contributed by atoms with Crippen LogP contribution in [-0.4, -0.2) is 23.9 Å². The molecule has 0 unspecified atom stereocenters. The Labute approximate surface area is 157 Å². The third kappa shape index (κ3) is 4.35. The largest absolute Gasteiger partial charge is 0.491 e. The van der Waals surface area contributed by atoms with E-state index in [4.69, 9.17) is 21.1 Å². The summed E-state index contributed by atoms with van der Waals surface area (Å²) in [5.41, 5.74) is 0.544. The van der Waals surface area contributed by atoms with Gasteiger partial charge in [-0.15, -0.1) is 0 Å². The first-order valence-electron chi connectivity index (χ1n) is 8.37. The lowest BCUT2D eigenvalue weighted by molar-refractivity contribution is -0.116. The first-order chi connectivity index (χ1) is 12.3. The molecule has 136 valence electrons. The van der Waals surface area contributed by atoms with Crippen LogP contribution in [0.3, 0.4) is 0 Å². The summed E-state index contributed by atoms with van der Waals surface area (Å²) >= 11 is 6.00. The Hall–Kier alpha value is -2.53. The summed E-state index contributed by atoms with van der Waals surface area (Å²) in [6.07, 6.45) is 0.475. The van der Waals surface area contributed by atoms with E-state index in [0.717, 1.165) is 0 Å². The van der Waals surface area contributed by atoms with E-state index in [1.165, 1.54) is 0 Å². The number of nitrogens with one attached hydrogen (secondary N) is 1. The number of carbonyl (C=O) groups excluding carboxylic acids is 2. The molecule has 0 fully saturated rings. The van der Waals surface area contributed by atoms with Gasteiger partial charge in [0.2, 0.25) is 5.91 Å². The van der Waals surface area contributed by atoms with Gasteiger partial charge in [-0.1, -0.05) is 23.7 Å². The van der Waals surface area contributed by atoms with Crippen molar-refractivity contribution in [3.63, 3.8) is 0 Å². The maximum Gasteiger partial charge on any atom is 0.227 e. The Morgan fingerprint density at radius 2 is 2.04 bits per heavy atom. The van der Waals surface area contributed by atoms with Crippen LogP contribution in [0.5, 0.6) is 11.5 Å². The number of hydrogen-bond donors (Lipinski definition) is 1. The maximum atomic E-state index is 12.3. The highest BCUT2D eigenvalue weighted by Crippen LogP contribution is 2.34. The molecule has 1 amide bonds. The molecule has 2 aromatic carbocycles. The molecule has 1 N–H and O–H groups in total. The van der Waals surface area contributed by atoms with Gasteiger partial charge in [0.1, 0.15) is 17.1 Å². The van der Waals surface area contributed by atoms with E-state index in [9.17, 15) is 9.59 Å². The molecule has 0 radical (unpaired) electrons. The molecule has 3 rings (SSSR count). The third-order valence-electron chi connectivity index (χ3n) is 3.96. The van der Waals surface area contributed by atoms with Crippen LogP contribution < -0.4 is 14.8 Å². The minimum atomic E-state index is -0.509. The first kappa shape index (κ1) is 18.3. The van der Waals surface area contributed by atoms with Crippen LogP contribution >= 0.6 is 11.6 Å². The topological polar surface area (TPSA) is 64.6 Å². The lowest BCUT2D eigenvalue weighted by atomic mass is 9.93. The smallest absolute Gasteiger partial charge is 0.227 e. The number of amides is 1. The van der Waals surface area contributed by atoms with Crippen molar-refractivity contribution in [1.82, 2.24) is 0 Å². The van der Waals surface area contributed by atoms with E-state index >= 15 is 0 Å². The second-order valence-corrected chi connectivity index (χ2v) is 7.16. The number of carbonyl (C=O) groups is 2. The van der Waals surface area contributed by atoms with Crippen molar-refractivity contribution >= 4 is 29.0 Å². The number of halogens is 1. The number of hydrogen-bond acceptors (Lipinski definition) is 4. The predicted octanol–water partition coefficient (Wildman–Crippen LogP) is 4.49. The third-order valence-corrected chi connectivity index (χ3v) is 4.27. The lowest BCUT2D eigenvalue weighted by Gasteiger charge is -2.31. The van der Waals surface area contributed by atoms with Gasteiger partial charge >= 0.3 is 0 Å². The van der Waals surface area contributed by atoms with Crippen molar-refractivity contribution in [2.45, 2.75) is 32.3 Å². The van der Waals surface area contributed by atoms with E-state index < -0.39 is 5.60 Å². The number of anilines is 1. The van der Waals surface area contributed by atoms with Crippen molar-refractivity contribution in [2.24, 2.45) is 0 Å². The van der Waals surface area contributed by atoms with Gasteiger partial charge < -0.3 is 14.8 Å². The molecular formula is C20H20ClNO4. The molecule has 6 heteroatoms. The number of para-hydroxylation sites is 1. The van der Waals surface area contributed by atoms with E-state index in [1.807, 2.05) is 26.0 Å². The zero-order chi connectivity index (χ0) is 18.7. The second-order valence-electron chi connectivity index (χ2n) is 6.75. The van der Waals surface area contributed by atoms with E-state index in [2.05, 4.69) is 5.32 Å². The van der Waals surface area contributed by atoms with Gasteiger partial charge in [-0.25, -0.2) is 0 Å². The zero-order valence-corrected chi connectivity index (χ0v) is 15.4. The molecule has 2 aromatic rings. The monoisotopic (exact) mass is 373 g/mol. The summed E-state index contributed by atoms with van der Waals surface area (Å²) in [7, 11) is 0. The first-order valence-corrected chi connectivity index (χ1v) is 8.75. The highest BCUT2D eigenvalue weighted by molar-refractivity contribution is 6.32. The number of rotatable bonds is 5. The fourth-order valence-corrected chi connectivity index (χ4v) is 2.96. The summed E-state index contributed by atoms with van der Waals surface area (Å²) in [5, 5.41) is 3.28. The van der Waals surface area contributed by atoms with Crippen molar-refractivity contribution in [1.29, 1.82) is 0 Å². The normalized spacial score (nSPS) is 15.0. The van der Waals surface area contributed by atoms with Gasteiger partial charge in [-0.2, -0.15) is 0 Å². The molecule has 0 aromatic heterocycles. The van der Waals surface area contributed by atoms with E-state index in [-0.39, 0.29) is 24.7 Å². The average molecular weight is 374 g/mol. The predicted molar refractivity (Wildman–Crippen MR) is 100 cm³/mol. The molecule has 0 atom stereocenters. The quantitative estimate of drug-likeness (QED) is 0.838. The molecule has 5 nitrogen and oxygen atoms in total. The lowest BCUT2D eigenvalue weighted by Crippen LogP contribution is -2.35. The van der Waals surface area contributed by atoms with Crippen LogP contribution in [0, 0.1) is 0 Å². The summed E-state index contributed by atoms with van der Waals surface area (Å²) in [6, 6.07) is 12.2. The average Bonchev–Trinajstić information content (AvgIpc) is 2.56. The number of ketones is 1. The fourth-order valence-electron chi connectivity index (χ4n) is 2.77. The van der Waals surface area contributed by atoms with Crippen molar-refractivity contribution < 1.29 is 19.1 Å². The van der Waals surface area contributed by atoms with Gasteiger partial charge in [-0.3, -0.25) is 9.59 Å². The van der Waals surface area contributed by atoms with Gasteiger partial charge in [0.05, 0.1) is 30.0 Å². The Balaban J connectivity index is 1.58. The molecule has 26 heavy (non-hydrogen) atoms. The second kappa shape index (κ2) is 7.38. The highest BCUT2D eigenvalue weighted by atomic mass is 35.5. The van der Waals surface area contributed by atoms with Crippen LogP contribution in [0.1, 0.15) is 37.0 Å². The Bertz CT molecular complexity index is 847. The summed E-state index contributed by atoms with van der Waals surface area (Å²) in [6.45, 7) is 3.96. The van der Waals surface area contributed by atoms with E-state index in [1.54, 1.807) is 30.3 Å². The molecule has 0 spiro atoms. The van der Waals surface area contributed by atoms with Crippen LogP contribution in [-0.2, 0) is 4.79 Å². The molecule has 0 aliphatic carbocycles. The minimum absolute atomic E-state index is 0.00871. The van der Waals surface area contributed by atoms with Gasteiger partial charge in [0.25, 0.3) is 0 Å². The molecule has 0 bridgehead atoms. The maximum absolute atomic E-state index is 12.3. The molecule has 0 saturated heterocycles. The van der Waals surface area contributed by atoms with E-state index in [0.29, 0.717) is 34.2 Å². The van der Waals surface area contributed by atoms with Crippen LogP contribution in [0.15, 0.2) is 42.5 Å². The molecular weight excluding hydrogens is 354 g/mol. The summed E-state index contributed by atoms with van der Waals surface area (Å²) in [4.78, 5) is 24.4. The molecule has 1 aliphatic rings. The minimum Gasteiger partial charge on any atom is -0.491 e. The highest BCUT2D eigenvalue weighted by Gasteiger charge is 2.32. The summed E-state index contributed by atoms with van der Waals surface area (Å²) < 4.78 is 11.3.